The molecule has 5 heteroatoms. The van der Waals surface area contributed by atoms with Crippen molar-refractivity contribution in [1.82, 2.24) is 4.90 Å². The molecule has 5 nitrogen and oxygen atoms in total. The van der Waals surface area contributed by atoms with Gasteiger partial charge >= 0.3 is 5.97 Å². The van der Waals surface area contributed by atoms with E-state index in [1.807, 2.05) is 30.3 Å². The maximum Gasteiger partial charge on any atom is 0.316 e. The van der Waals surface area contributed by atoms with Gasteiger partial charge in [0, 0.05) is 6.54 Å². The number of esters is 1. The average molecular weight is 363 g/mol. The van der Waals surface area contributed by atoms with Gasteiger partial charge < -0.3 is 4.74 Å². The van der Waals surface area contributed by atoms with Gasteiger partial charge in [-0.25, -0.2) is 0 Å². The van der Waals surface area contributed by atoms with Crippen LogP contribution in [0.5, 0.6) is 0 Å². The highest BCUT2D eigenvalue weighted by Gasteiger charge is 2.52. The first-order chi connectivity index (χ1) is 13.1. The first-order valence-electron chi connectivity index (χ1n) is 9.31. The zero-order chi connectivity index (χ0) is 18.9. The summed E-state index contributed by atoms with van der Waals surface area (Å²) in [4.78, 5) is 38.3. The van der Waals surface area contributed by atoms with Crippen LogP contribution in [0.25, 0.3) is 0 Å². The summed E-state index contributed by atoms with van der Waals surface area (Å²) >= 11 is 0. The van der Waals surface area contributed by atoms with Crippen LogP contribution < -0.4 is 0 Å². The molecule has 27 heavy (non-hydrogen) atoms. The van der Waals surface area contributed by atoms with Crippen molar-refractivity contribution >= 4 is 17.8 Å². The van der Waals surface area contributed by atoms with Crippen LogP contribution in [-0.4, -0.2) is 35.8 Å². The molecule has 1 fully saturated rings. The smallest absolute Gasteiger partial charge is 0.316 e. The van der Waals surface area contributed by atoms with E-state index >= 15 is 0 Å². The number of hydrogen-bond donors (Lipinski definition) is 0. The van der Waals surface area contributed by atoms with Gasteiger partial charge in [-0.3, -0.25) is 19.3 Å². The van der Waals surface area contributed by atoms with E-state index < -0.39 is 5.41 Å². The highest BCUT2D eigenvalue weighted by atomic mass is 16.5. The Morgan fingerprint density at radius 1 is 0.889 bits per heavy atom. The first-order valence-corrected chi connectivity index (χ1v) is 9.31. The highest BCUT2D eigenvalue weighted by Crippen LogP contribution is 2.49. The van der Waals surface area contributed by atoms with Gasteiger partial charge in [0.1, 0.15) is 0 Å². The third-order valence-corrected chi connectivity index (χ3v) is 5.35. The van der Waals surface area contributed by atoms with Crippen molar-refractivity contribution in [1.29, 1.82) is 0 Å². The molecule has 2 amide bonds. The normalized spacial score (nSPS) is 17.0. The number of benzene rings is 2. The summed E-state index contributed by atoms with van der Waals surface area (Å²) in [6.45, 7) is 0.643. The molecule has 1 aliphatic heterocycles. The molecule has 0 saturated heterocycles. The maximum atomic E-state index is 12.5. The molecule has 0 spiro atoms. The third kappa shape index (κ3) is 3.14. The summed E-state index contributed by atoms with van der Waals surface area (Å²) in [5.74, 6) is -0.656. The lowest BCUT2D eigenvalue weighted by molar-refractivity contribution is -0.146. The Morgan fingerprint density at radius 3 is 2.07 bits per heavy atom. The molecule has 4 rings (SSSR count). The zero-order valence-corrected chi connectivity index (χ0v) is 15.0. The van der Waals surface area contributed by atoms with E-state index in [2.05, 4.69) is 0 Å². The summed E-state index contributed by atoms with van der Waals surface area (Å²) < 4.78 is 5.48. The Labute approximate surface area is 157 Å². The van der Waals surface area contributed by atoms with Crippen molar-refractivity contribution in [3.63, 3.8) is 0 Å². The van der Waals surface area contributed by atoms with Crippen molar-refractivity contribution in [2.45, 2.75) is 31.1 Å². The molecule has 0 unspecified atom stereocenters. The second kappa shape index (κ2) is 6.99. The fourth-order valence-electron chi connectivity index (χ4n) is 3.61. The number of hydrogen-bond acceptors (Lipinski definition) is 4. The van der Waals surface area contributed by atoms with Crippen molar-refractivity contribution in [2.24, 2.45) is 0 Å². The molecule has 1 saturated carbocycles. The van der Waals surface area contributed by atoms with Gasteiger partial charge in [0.25, 0.3) is 11.8 Å². The molecule has 0 bridgehead atoms. The number of nitrogens with zero attached hydrogens (tertiary/aromatic N) is 1. The molecule has 2 aliphatic rings. The molecule has 0 atom stereocenters. The number of unbranched alkanes of at least 4 members (excludes halogenated alkanes) is 1. The number of carbonyl (C=O) groups is 3. The van der Waals surface area contributed by atoms with Gasteiger partial charge in [0.2, 0.25) is 0 Å². The molecule has 138 valence electrons. The average Bonchev–Trinajstić information content (AvgIpc) is 3.48. The quantitative estimate of drug-likeness (QED) is 0.430. The molecular formula is C22H21NO4. The summed E-state index contributed by atoms with van der Waals surface area (Å²) in [6.07, 6.45) is 2.87. The topological polar surface area (TPSA) is 63.7 Å². The van der Waals surface area contributed by atoms with Crippen LogP contribution in [0.15, 0.2) is 54.6 Å². The Bertz CT molecular complexity index is 851. The Morgan fingerprint density at radius 2 is 1.48 bits per heavy atom. The summed E-state index contributed by atoms with van der Waals surface area (Å²) in [5, 5.41) is 0. The molecule has 0 N–H and O–H groups in total. The number of imide groups is 1. The Hall–Kier alpha value is -2.95. The summed E-state index contributed by atoms with van der Waals surface area (Å²) in [6, 6.07) is 16.6. The van der Waals surface area contributed by atoms with Crippen LogP contribution >= 0.6 is 0 Å². The molecular weight excluding hydrogens is 342 g/mol. The van der Waals surface area contributed by atoms with Gasteiger partial charge in [-0.1, -0.05) is 42.5 Å². The minimum atomic E-state index is -0.468. The predicted octanol–water partition coefficient (Wildman–Crippen LogP) is 3.34. The Balaban J connectivity index is 1.24. The van der Waals surface area contributed by atoms with Gasteiger partial charge in [-0.2, -0.15) is 0 Å². The van der Waals surface area contributed by atoms with Gasteiger partial charge in [-0.15, -0.1) is 0 Å². The number of amides is 2. The highest BCUT2D eigenvalue weighted by molar-refractivity contribution is 6.21. The van der Waals surface area contributed by atoms with Crippen LogP contribution in [0.4, 0.5) is 0 Å². The fourth-order valence-corrected chi connectivity index (χ4v) is 3.61. The molecule has 0 radical (unpaired) electrons. The minimum absolute atomic E-state index is 0.172. The van der Waals surface area contributed by atoms with Gasteiger partial charge in [0.15, 0.2) is 0 Å². The van der Waals surface area contributed by atoms with Crippen LogP contribution in [0, 0.1) is 0 Å². The lowest BCUT2D eigenvalue weighted by Crippen LogP contribution is -2.31. The first kappa shape index (κ1) is 17.5. The van der Waals surface area contributed by atoms with E-state index in [-0.39, 0.29) is 17.8 Å². The van der Waals surface area contributed by atoms with E-state index in [1.165, 1.54) is 4.90 Å². The molecule has 1 heterocycles. The molecule has 0 aromatic heterocycles. The minimum Gasteiger partial charge on any atom is -0.465 e. The van der Waals surface area contributed by atoms with Crippen molar-refractivity contribution < 1.29 is 19.1 Å². The van der Waals surface area contributed by atoms with E-state index in [0.29, 0.717) is 37.1 Å². The lowest BCUT2D eigenvalue weighted by atomic mass is 9.96. The summed E-state index contributed by atoms with van der Waals surface area (Å²) in [5.41, 5.74) is 1.48. The number of carbonyl (C=O) groups excluding carboxylic acids is 3. The number of fused-ring (bicyclic) bond motifs is 1. The number of ether oxygens (including phenoxy) is 1. The summed E-state index contributed by atoms with van der Waals surface area (Å²) in [7, 11) is 0. The second-order valence-corrected chi connectivity index (χ2v) is 7.10. The van der Waals surface area contributed by atoms with Crippen LogP contribution in [-0.2, 0) is 14.9 Å². The number of rotatable bonds is 7. The van der Waals surface area contributed by atoms with E-state index in [9.17, 15) is 14.4 Å². The maximum absolute atomic E-state index is 12.5. The lowest BCUT2D eigenvalue weighted by Gasteiger charge is -2.16. The second-order valence-electron chi connectivity index (χ2n) is 7.10. The zero-order valence-electron chi connectivity index (χ0n) is 15.0. The van der Waals surface area contributed by atoms with Gasteiger partial charge in [-0.05, 0) is 43.4 Å². The van der Waals surface area contributed by atoms with Crippen LogP contribution in [0.3, 0.4) is 0 Å². The predicted molar refractivity (Wildman–Crippen MR) is 99.4 cm³/mol. The third-order valence-electron chi connectivity index (χ3n) is 5.35. The van der Waals surface area contributed by atoms with E-state index in [0.717, 1.165) is 18.4 Å². The Kier molecular flexibility index (Phi) is 4.52. The van der Waals surface area contributed by atoms with Crippen molar-refractivity contribution in [2.75, 3.05) is 13.2 Å². The van der Waals surface area contributed by atoms with E-state index in [4.69, 9.17) is 4.74 Å². The van der Waals surface area contributed by atoms with E-state index in [1.54, 1.807) is 24.3 Å². The van der Waals surface area contributed by atoms with Crippen molar-refractivity contribution in [3.8, 4) is 0 Å². The molecule has 1 aliphatic carbocycles. The SMILES string of the molecule is O=C1c2ccccc2C(=O)N1CCCCOC(=O)C1(c2ccccc2)CC1. The van der Waals surface area contributed by atoms with Gasteiger partial charge in [0.05, 0.1) is 23.1 Å². The van der Waals surface area contributed by atoms with Crippen molar-refractivity contribution in [3.05, 3.63) is 71.3 Å². The molecule has 2 aromatic carbocycles. The molecule has 2 aromatic rings. The largest absolute Gasteiger partial charge is 0.465 e. The standard InChI is InChI=1S/C22H21NO4/c24-19-17-10-4-5-11-18(17)20(25)23(19)14-6-7-15-27-21(26)22(12-13-22)16-8-2-1-3-9-16/h1-5,8-11H,6-7,12-15H2. The fraction of sp³-hybridized carbons (Fsp3) is 0.318. The van der Waals surface area contributed by atoms with Crippen LogP contribution in [0.1, 0.15) is 52.0 Å². The monoisotopic (exact) mass is 363 g/mol. The van der Waals surface area contributed by atoms with Crippen LogP contribution in [0.2, 0.25) is 0 Å².